The average molecular weight is 217 g/mol. The lowest BCUT2D eigenvalue weighted by Crippen LogP contribution is -2.46. The molecule has 2 fully saturated rings. The van der Waals surface area contributed by atoms with Gasteiger partial charge in [-0.3, -0.25) is 0 Å². The zero-order chi connectivity index (χ0) is 10.8. The van der Waals surface area contributed by atoms with Gasteiger partial charge in [-0.15, -0.1) is 0 Å². The first-order chi connectivity index (χ1) is 7.90. The van der Waals surface area contributed by atoms with E-state index >= 15 is 0 Å². The lowest BCUT2D eigenvalue weighted by atomic mass is 9.89. The van der Waals surface area contributed by atoms with Crippen LogP contribution in [0.2, 0.25) is 0 Å². The van der Waals surface area contributed by atoms with E-state index in [-0.39, 0.29) is 0 Å². The van der Waals surface area contributed by atoms with Crippen molar-refractivity contribution < 1.29 is 4.74 Å². The van der Waals surface area contributed by atoms with E-state index in [4.69, 9.17) is 4.74 Å². The molecule has 0 spiro atoms. The molecule has 16 heavy (non-hydrogen) atoms. The number of nitrogens with one attached hydrogen (secondary N) is 1. The van der Waals surface area contributed by atoms with Crippen LogP contribution in [0.25, 0.3) is 0 Å². The predicted octanol–water partition coefficient (Wildman–Crippen LogP) is 2.49. The predicted molar refractivity (Wildman–Crippen MR) is 64.2 cm³/mol. The van der Waals surface area contributed by atoms with Gasteiger partial charge in [0, 0.05) is 12.1 Å². The van der Waals surface area contributed by atoms with E-state index in [0.29, 0.717) is 6.10 Å². The highest BCUT2D eigenvalue weighted by molar-refractivity contribution is 5.13. The fraction of sp³-hybridized carbons (Fsp3) is 0.571. The second kappa shape index (κ2) is 4.56. The summed E-state index contributed by atoms with van der Waals surface area (Å²) >= 11 is 0. The van der Waals surface area contributed by atoms with Gasteiger partial charge in [-0.1, -0.05) is 30.3 Å². The molecule has 2 aliphatic rings. The highest BCUT2D eigenvalue weighted by Gasteiger charge is 2.33. The van der Waals surface area contributed by atoms with Crippen LogP contribution in [0.1, 0.15) is 31.2 Å². The zero-order valence-corrected chi connectivity index (χ0v) is 9.56. The standard InChI is InChI=1S/C14H19NO/c1-2-4-11(5-3-1)10-16-14-8-13(9-14)15-12-6-7-12/h1-5,12-15H,6-10H2. The summed E-state index contributed by atoms with van der Waals surface area (Å²) in [5, 5.41) is 3.64. The van der Waals surface area contributed by atoms with Crippen molar-refractivity contribution in [1.29, 1.82) is 0 Å². The van der Waals surface area contributed by atoms with E-state index in [1.54, 1.807) is 0 Å². The summed E-state index contributed by atoms with van der Waals surface area (Å²) in [5.41, 5.74) is 1.28. The number of rotatable bonds is 5. The first kappa shape index (κ1) is 10.3. The fourth-order valence-corrected chi connectivity index (χ4v) is 2.21. The maximum Gasteiger partial charge on any atom is 0.0720 e. The molecule has 0 bridgehead atoms. The molecule has 1 aromatic carbocycles. The summed E-state index contributed by atoms with van der Waals surface area (Å²) in [5.74, 6) is 0. The molecule has 86 valence electrons. The van der Waals surface area contributed by atoms with E-state index in [2.05, 4.69) is 29.6 Å². The first-order valence-electron chi connectivity index (χ1n) is 6.32. The minimum Gasteiger partial charge on any atom is -0.373 e. The lowest BCUT2D eigenvalue weighted by Gasteiger charge is -2.36. The summed E-state index contributed by atoms with van der Waals surface area (Å²) in [6, 6.07) is 12.0. The van der Waals surface area contributed by atoms with E-state index < -0.39 is 0 Å². The second-order valence-electron chi connectivity index (χ2n) is 5.03. The third-order valence-corrected chi connectivity index (χ3v) is 3.47. The molecule has 2 saturated carbocycles. The Hall–Kier alpha value is -0.860. The van der Waals surface area contributed by atoms with Crippen LogP contribution >= 0.6 is 0 Å². The largest absolute Gasteiger partial charge is 0.373 e. The molecule has 1 N–H and O–H groups in total. The smallest absolute Gasteiger partial charge is 0.0720 e. The molecule has 0 saturated heterocycles. The molecule has 2 aliphatic carbocycles. The third kappa shape index (κ3) is 2.63. The van der Waals surface area contributed by atoms with E-state index in [1.165, 1.54) is 31.2 Å². The van der Waals surface area contributed by atoms with Crippen LogP contribution < -0.4 is 5.32 Å². The first-order valence-corrected chi connectivity index (χ1v) is 6.32. The van der Waals surface area contributed by atoms with Crippen molar-refractivity contribution in [1.82, 2.24) is 5.32 Å². The Labute approximate surface area is 97.0 Å². The molecular weight excluding hydrogens is 198 g/mol. The number of hydrogen-bond donors (Lipinski definition) is 1. The van der Waals surface area contributed by atoms with E-state index in [1.807, 2.05) is 6.07 Å². The zero-order valence-electron chi connectivity index (χ0n) is 9.56. The van der Waals surface area contributed by atoms with Crippen molar-refractivity contribution in [2.75, 3.05) is 0 Å². The van der Waals surface area contributed by atoms with Gasteiger partial charge in [-0.2, -0.15) is 0 Å². The van der Waals surface area contributed by atoms with Crippen LogP contribution in [0, 0.1) is 0 Å². The van der Waals surface area contributed by atoms with Gasteiger partial charge in [0.05, 0.1) is 12.7 Å². The van der Waals surface area contributed by atoms with Crippen LogP contribution in [-0.2, 0) is 11.3 Å². The Morgan fingerprint density at radius 1 is 1.06 bits per heavy atom. The minimum absolute atomic E-state index is 0.483. The minimum atomic E-state index is 0.483. The molecule has 3 rings (SSSR count). The molecule has 0 atom stereocenters. The monoisotopic (exact) mass is 217 g/mol. The SMILES string of the molecule is c1ccc(COC2CC(NC3CC3)C2)cc1. The molecule has 1 aromatic rings. The van der Waals surface area contributed by atoms with Gasteiger partial charge >= 0.3 is 0 Å². The third-order valence-electron chi connectivity index (χ3n) is 3.47. The molecule has 2 heteroatoms. The average Bonchev–Trinajstić information content (AvgIpc) is 3.06. The van der Waals surface area contributed by atoms with Gasteiger partial charge in [0.1, 0.15) is 0 Å². The summed E-state index contributed by atoms with van der Waals surface area (Å²) in [6.07, 6.45) is 5.64. The van der Waals surface area contributed by atoms with Crippen molar-refractivity contribution in [2.45, 2.75) is 50.5 Å². The van der Waals surface area contributed by atoms with Crippen LogP contribution in [0.15, 0.2) is 30.3 Å². The Balaban J connectivity index is 1.35. The van der Waals surface area contributed by atoms with Gasteiger partial charge in [-0.05, 0) is 31.2 Å². The second-order valence-corrected chi connectivity index (χ2v) is 5.03. The highest BCUT2D eigenvalue weighted by Crippen LogP contribution is 2.28. The number of hydrogen-bond acceptors (Lipinski definition) is 2. The van der Waals surface area contributed by atoms with Gasteiger partial charge in [0.15, 0.2) is 0 Å². The molecule has 0 unspecified atom stereocenters. The molecule has 0 aromatic heterocycles. The number of benzene rings is 1. The van der Waals surface area contributed by atoms with Crippen molar-refractivity contribution in [3.63, 3.8) is 0 Å². The van der Waals surface area contributed by atoms with Crippen molar-refractivity contribution in [2.24, 2.45) is 0 Å². The summed E-state index contributed by atoms with van der Waals surface area (Å²) < 4.78 is 5.86. The molecule has 0 amide bonds. The Morgan fingerprint density at radius 2 is 1.81 bits per heavy atom. The molecule has 0 radical (unpaired) electrons. The van der Waals surface area contributed by atoms with Gasteiger partial charge < -0.3 is 10.1 Å². The van der Waals surface area contributed by atoms with Crippen LogP contribution in [0.5, 0.6) is 0 Å². The van der Waals surface area contributed by atoms with Gasteiger partial charge in [0.25, 0.3) is 0 Å². The van der Waals surface area contributed by atoms with E-state index in [9.17, 15) is 0 Å². The molecular formula is C14H19NO. The lowest BCUT2D eigenvalue weighted by molar-refractivity contribution is -0.0268. The van der Waals surface area contributed by atoms with Crippen LogP contribution in [-0.4, -0.2) is 18.2 Å². The molecule has 0 aliphatic heterocycles. The van der Waals surface area contributed by atoms with Crippen molar-refractivity contribution in [3.8, 4) is 0 Å². The normalized spacial score (nSPS) is 28.8. The topological polar surface area (TPSA) is 21.3 Å². The summed E-state index contributed by atoms with van der Waals surface area (Å²) in [4.78, 5) is 0. The van der Waals surface area contributed by atoms with Crippen molar-refractivity contribution in [3.05, 3.63) is 35.9 Å². The Morgan fingerprint density at radius 3 is 2.50 bits per heavy atom. The Bertz CT molecular complexity index is 328. The summed E-state index contributed by atoms with van der Waals surface area (Å²) in [7, 11) is 0. The number of ether oxygens (including phenoxy) is 1. The van der Waals surface area contributed by atoms with Gasteiger partial charge in [-0.25, -0.2) is 0 Å². The molecule has 2 nitrogen and oxygen atoms in total. The fourth-order valence-electron chi connectivity index (χ4n) is 2.21. The van der Waals surface area contributed by atoms with Crippen molar-refractivity contribution >= 4 is 0 Å². The van der Waals surface area contributed by atoms with Crippen LogP contribution in [0.3, 0.4) is 0 Å². The highest BCUT2D eigenvalue weighted by atomic mass is 16.5. The maximum absolute atomic E-state index is 5.86. The maximum atomic E-state index is 5.86. The molecule has 0 heterocycles. The Kier molecular flexibility index (Phi) is 2.94. The summed E-state index contributed by atoms with van der Waals surface area (Å²) in [6.45, 7) is 0.766. The van der Waals surface area contributed by atoms with Crippen LogP contribution in [0.4, 0.5) is 0 Å². The van der Waals surface area contributed by atoms with Gasteiger partial charge in [0.2, 0.25) is 0 Å². The van der Waals surface area contributed by atoms with E-state index in [0.717, 1.165) is 18.7 Å². The quantitative estimate of drug-likeness (QED) is 0.818.